The van der Waals surface area contributed by atoms with E-state index in [1.165, 1.54) is 6.07 Å². The number of rotatable bonds is 6. The van der Waals surface area contributed by atoms with Crippen molar-refractivity contribution in [2.75, 3.05) is 22.9 Å². The topological polar surface area (TPSA) is 145 Å². The number of carbonyl (C=O) groups excluding carboxylic acids is 3. The van der Waals surface area contributed by atoms with Crippen molar-refractivity contribution in [3.63, 3.8) is 0 Å². The number of halogens is 5. The molecule has 6 aromatic rings. The molecule has 0 bridgehead atoms. The number of H-pyrrole nitrogens is 2. The quantitative estimate of drug-likeness (QED) is 0.0417. The first-order valence-electron chi connectivity index (χ1n) is 21.6. The maximum absolute atomic E-state index is 15.2. The second-order valence-electron chi connectivity index (χ2n) is 19.2. The van der Waals surface area contributed by atoms with E-state index in [9.17, 15) is 31.5 Å². The summed E-state index contributed by atoms with van der Waals surface area (Å²) in [5.74, 6) is -15.3. The zero-order valence-corrected chi connectivity index (χ0v) is 39.6. The van der Waals surface area contributed by atoms with E-state index in [0.29, 0.717) is 40.8 Å². The SMILES string of the molecule is CC1(C)O[As]2(c3cc4[nH]c(C(=O)Oc5c(F)c(F)c(F)c(F)c5F)cc4c4c3N(C(=O)c3cc5c6c(ccc5[nH]3)N(C(=O)OCc3ccccc3)CC6)CC4)(OC1(C)C)OC(C)(C)C(C)(C)O2. The predicted octanol–water partition coefficient (Wildman–Crippen LogP) is 9.27. The minimum absolute atomic E-state index is 0.101. The Hall–Kier alpha value is -5.78. The molecular formula is C48H46AsF5N4O9. The van der Waals surface area contributed by atoms with Gasteiger partial charge in [0.1, 0.15) is 6.61 Å². The van der Waals surface area contributed by atoms with Crippen LogP contribution < -0.4 is 18.9 Å². The average molecular weight is 993 g/mol. The van der Waals surface area contributed by atoms with Gasteiger partial charge in [-0.3, -0.25) is 0 Å². The number of fused-ring (bicyclic) bond motifs is 6. The first-order valence-corrected chi connectivity index (χ1v) is 25.6. The van der Waals surface area contributed by atoms with Crippen LogP contribution in [0, 0.1) is 29.1 Å². The molecule has 4 aromatic carbocycles. The molecule has 0 aliphatic carbocycles. The average Bonchev–Trinajstić information content (AvgIpc) is 4.11. The van der Waals surface area contributed by atoms with Crippen molar-refractivity contribution in [3.8, 4) is 5.75 Å². The molecule has 0 atom stereocenters. The van der Waals surface area contributed by atoms with Crippen molar-refractivity contribution < 1.29 is 60.7 Å². The Bertz CT molecular complexity index is 3040. The van der Waals surface area contributed by atoms with Crippen LogP contribution in [0.5, 0.6) is 5.75 Å². The number of hydrogen-bond acceptors (Lipinski definition) is 9. The molecule has 67 heavy (non-hydrogen) atoms. The van der Waals surface area contributed by atoms with Crippen LogP contribution in [-0.4, -0.2) is 77.2 Å². The summed E-state index contributed by atoms with van der Waals surface area (Å²) in [4.78, 5) is 51.4. The van der Waals surface area contributed by atoms with Gasteiger partial charge in [0.05, 0.1) is 0 Å². The number of carbonyl (C=O) groups is 3. The summed E-state index contributed by atoms with van der Waals surface area (Å²) in [6.45, 7) is 15.3. The molecule has 352 valence electrons. The van der Waals surface area contributed by atoms with Crippen LogP contribution in [0.15, 0.2) is 60.7 Å². The van der Waals surface area contributed by atoms with E-state index in [0.717, 1.165) is 16.5 Å². The monoisotopic (exact) mass is 992 g/mol. The molecule has 2 amide bonds. The van der Waals surface area contributed by atoms with Gasteiger partial charge in [0.25, 0.3) is 0 Å². The van der Waals surface area contributed by atoms with E-state index in [1.807, 2.05) is 91.8 Å². The Morgan fingerprint density at radius 3 is 1.78 bits per heavy atom. The molecule has 13 nitrogen and oxygen atoms in total. The van der Waals surface area contributed by atoms with Crippen LogP contribution in [0.3, 0.4) is 0 Å². The Morgan fingerprint density at radius 1 is 0.642 bits per heavy atom. The van der Waals surface area contributed by atoms with E-state index in [4.69, 9.17) is 24.4 Å². The summed E-state index contributed by atoms with van der Waals surface area (Å²) in [7, 11) is 0. The van der Waals surface area contributed by atoms with Gasteiger partial charge < -0.3 is 0 Å². The van der Waals surface area contributed by atoms with Crippen molar-refractivity contribution in [1.82, 2.24) is 9.97 Å². The standard InChI is InChI=1S/C48H46AsF5N4O9/c1-45(2)46(3,4)65-49(64-45,66-47(5,6)48(7,8)67-49)29-22-31-28(21-33(56-31)43(60)63-41-38(53)36(51)35(50)37(52)39(41)54)26-17-19-58(40(26)29)42(59)32-20-27-25-16-18-57(34(25)15-14-30(27)55-32)44(61)62-23-24-12-10-9-11-13-24/h9-15,20-22,55-56H,16-19,23H2,1-8H3. The number of aromatic amines is 2. The van der Waals surface area contributed by atoms with Gasteiger partial charge in [0, 0.05) is 0 Å². The van der Waals surface area contributed by atoms with Gasteiger partial charge in [-0.2, -0.15) is 0 Å². The Balaban J connectivity index is 1.09. The van der Waals surface area contributed by atoms with Gasteiger partial charge in [-0.05, 0) is 5.56 Å². The molecule has 0 unspecified atom stereocenters. The molecule has 2 saturated heterocycles. The number of anilines is 2. The summed E-state index contributed by atoms with van der Waals surface area (Å²) in [6.07, 6.45) is 0.210. The summed E-state index contributed by atoms with van der Waals surface area (Å²) in [5, 5.41) is 1.11. The molecule has 2 fully saturated rings. The Morgan fingerprint density at radius 2 is 1.16 bits per heavy atom. The Labute approximate surface area is 382 Å². The van der Waals surface area contributed by atoms with Crippen LogP contribution in [-0.2, 0) is 39.1 Å². The van der Waals surface area contributed by atoms with E-state index >= 15 is 4.79 Å². The fourth-order valence-corrected chi connectivity index (χ4v) is 21.0. The number of esters is 1. The fraction of sp³-hybridized carbons (Fsp3) is 0.354. The van der Waals surface area contributed by atoms with Crippen LogP contribution in [0.1, 0.15) is 93.1 Å². The third-order valence-corrected chi connectivity index (χ3v) is 22.8. The summed E-state index contributed by atoms with van der Waals surface area (Å²) in [6, 6.07) is 17.6. The van der Waals surface area contributed by atoms with E-state index < -0.39 is 94.7 Å². The molecule has 4 aliphatic heterocycles. The molecule has 1 spiro atoms. The summed E-state index contributed by atoms with van der Waals surface area (Å²) >= 11 is -5.97. The number of nitrogens with zero attached hydrogens (tertiary/aromatic N) is 2. The van der Waals surface area contributed by atoms with Gasteiger partial charge >= 0.3 is 341 Å². The number of amides is 2. The normalized spacial score (nSPS) is 20.8. The molecule has 6 heterocycles. The second-order valence-corrected chi connectivity index (χ2v) is 25.2. The van der Waals surface area contributed by atoms with Gasteiger partial charge in [-0.25, -0.2) is 0 Å². The molecule has 10 rings (SSSR count). The number of nitrogens with one attached hydrogen (secondary N) is 2. The minimum atomic E-state index is -5.97. The third-order valence-electron chi connectivity index (χ3n) is 13.9. The van der Waals surface area contributed by atoms with Crippen LogP contribution in [0.4, 0.5) is 38.1 Å². The van der Waals surface area contributed by atoms with Gasteiger partial charge in [0.15, 0.2) is 0 Å². The summed E-state index contributed by atoms with van der Waals surface area (Å²) in [5.41, 5.74) is -0.314. The number of aromatic nitrogens is 2. The van der Waals surface area contributed by atoms with Crippen LogP contribution in [0.2, 0.25) is 0 Å². The Kier molecular flexibility index (Phi) is 9.82. The second kappa shape index (κ2) is 14.6. The van der Waals surface area contributed by atoms with Crippen molar-refractivity contribution in [1.29, 1.82) is 0 Å². The molecule has 2 N–H and O–H groups in total. The number of hydrogen-bond donors (Lipinski definition) is 2. The van der Waals surface area contributed by atoms with Crippen molar-refractivity contribution in [3.05, 3.63) is 118 Å². The zero-order valence-electron chi connectivity index (χ0n) is 37.7. The first-order chi connectivity index (χ1) is 31.4. The fourth-order valence-electron chi connectivity index (χ4n) is 9.31. The molecule has 4 aliphatic rings. The van der Waals surface area contributed by atoms with Crippen molar-refractivity contribution in [2.24, 2.45) is 0 Å². The molecular weight excluding hydrogens is 946 g/mol. The molecule has 0 saturated carbocycles. The number of ether oxygens (including phenoxy) is 2. The summed E-state index contributed by atoms with van der Waals surface area (Å²) < 4.78 is 111. The zero-order chi connectivity index (χ0) is 48.0. The van der Waals surface area contributed by atoms with Crippen molar-refractivity contribution >= 4 is 69.3 Å². The van der Waals surface area contributed by atoms with Crippen molar-refractivity contribution in [2.45, 2.75) is 97.2 Å². The van der Waals surface area contributed by atoms with Gasteiger partial charge in [0.2, 0.25) is 0 Å². The van der Waals surface area contributed by atoms with E-state index in [2.05, 4.69) is 9.97 Å². The van der Waals surface area contributed by atoms with E-state index in [1.54, 1.807) is 28.0 Å². The maximum atomic E-state index is 15.2. The third kappa shape index (κ3) is 6.57. The van der Waals surface area contributed by atoms with E-state index in [-0.39, 0.29) is 35.1 Å². The predicted molar refractivity (Wildman–Crippen MR) is 237 cm³/mol. The van der Waals surface area contributed by atoms with Gasteiger partial charge in [-0.15, -0.1) is 0 Å². The molecule has 0 radical (unpaired) electrons. The van der Waals surface area contributed by atoms with Crippen LogP contribution in [0.25, 0.3) is 21.8 Å². The first kappa shape index (κ1) is 45.0. The number of benzene rings is 4. The molecule has 19 heteroatoms. The van der Waals surface area contributed by atoms with Crippen LogP contribution >= 0.6 is 0 Å². The van der Waals surface area contributed by atoms with Gasteiger partial charge in [-0.1, -0.05) is 30.3 Å². The molecule has 2 aromatic heterocycles.